The Hall–Kier alpha value is -2.67. The standard InChI is InChI=1S/C23H31N3O3S/c1-15(2)20(22(27)28)25-23(29)26(13-19-14-30-21(24-19)16(3)4)12-6-7-18-10-8-17(5)9-11-18/h6-11,14-16,20H,12-13H2,1-5H3,(H,25,29)(H,27,28)/b7-6+/t20-/m0/s1. The van der Waals surface area contributed by atoms with Gasteiger partial charge in [0.15, 0.2) is 0 Å². The first-order valence-corrected chi connectivity index (χ1v) is 11.0. The molecule has 0 radical (unpaired) electrons. The zero-order valence-electron chi connectivity index (χ0n) is 18.3. The number of rotatable bonds is 9. The Labute approximate surface area is 182 Å². The molecule has 30 heavy (non-hydrogen) atoms. The molecule has 2 rings (SSSR count). The van der Waals surface area contributed by atoms with Gasteiger partial charge in [-0.25, -0.2) is 14.6 Å². The molecule has 0 aliphatic carbocycles. The van der Waals surface area contributed by atoms with Gasteiger partial charge in [0.25, 0.3) is 0 Å². The number of hydrogen-bond acceptors (Lipinski definition) is 4. The van der Waals surface area contributed by atoms with Crippen LogP contribution in [-0.2, 0) is 11.3 Å². The summed E-state index contributed by atoms with van der Waals surface area (Å²) in [6.45, 7) is 10.4. The number of aromatic nitrogens is 1. The fraction of sp³-hybridized carbons (Fsp3) is 0.435. The molecular formula is C23H31N3O3S. The molecule has 0 unspecified atom stereocenters. The van der Waals surface area contributed by atoms with E-state index in [4.69, 9.17) is 0 Å². The molecule has 2 aromatic rings. The summed E-state index contributed by atoms with van der Waals surface area (Å²) in [5.74, 6) is -0.933. The number of amides is 2. The highest BCUT2D eigenvalue weighted by molar-refractivity contribution is 7.09. The van der Waals surface area contributed by atoms with Crippen molar-refractivity contribution in [2.45, 2.75) is 53.1 Å². The SMILES string of the molecule is Cc1ccc(/C=C/CN(Cc2csc(C(C)C)n2)C(=O)N[C@H](C(=O)O)C(C)C)cc1. The van der Waals surface area contributed by atoms with Gasteiger partial charge in [0, 0.05) is 17.8 Å². The molecule has 0 fully saturated rings. The topological polar surface area (TPSA) is 82.5 Å². The fourth-order valence-corrected chi connectivity index (χ4v) is 3.63. The molecule has 2 N–H and O–H groups in total. The van der Waals surface area contributed by atoms with Crippen LogP contribution in [0.15, 0.2) is 35.7 Å². The molecule has 0 aliphatic rings. The van der Waals surface area contributed by atoms with Crippen molar-refractivity contribution in [2.75, 3.05) is 6.54 Å². The number of urea groups is 1. The van der Waals surface area contributed by atoms with E-state index in [1.165, 1.54) is 5.56 Å². The van der Waals surface area contributed by atoms with Crippen molar-refractivity contribution in [3.05, 3.63) is 57.6 Å². The zero-order chi connectivity index (χ0) is 22.3. The van der Waals surface area contributed by atoms with Crippen LogP contribution in [0.25, 0.3) is 6.08 Å². The Kier molecular flexibility index (Phi) is 8.59. The highest BCUT2D eigenvalue weighted by Gasteiger charge is 2.26. The van der Waals surface area contributed by atoms with E-state index in [0.717, 1.165) is 16.3 Å². The number of carboxylic acids is 1. The van der Waals surface area contributed by atoms with E-state index in [1.807, 2.05) is 48.7 Å². The van der Waals surface area contributed by atoms with Crippen molar-refractivity contribution in [3.63, 3.8) is 0 Å². The minimum atomic E-state index is -1.04. The lowest BCUT2D eigenvalue weighted by molar-refractivity contribution is -0.140. The number of nitrogens with one attached hydrogen (secondary N) is 1. The maximum Gasteiger partial charge on any atom is 0.326 e. The van der Waals surface area contributed by atoms with Crippen LogP contribution in [0.5, 0.6) is 0 Å². The number of nitrogens with zero attached hydrogens (tertiary/aromatic N) is 2. The summed E-state index contributed by atoms with van der Waals surface area (Å²) in [4.78, 5) is 30.6. The van der Waals surface area contributed by atoms with E-state index in [2.05, 4.69) is 24.1 Å². The largest absolute Gasteiger partial charge is 0.480 e. The van der Waals surface area contributed by atoms with Crippen LogP contribution in [0.4, 0.5) is 4.79 Å². The lowest BCUT2D eigenvalue weighted by atomic mass is 10.1. The monoisotopic (exact) mass is 429 g/mol. The number of benzene rings is 1. The molecule has 0 bridgehead atoms. The smallest absolute Gasteiger partial charge is 0.326 e. The van der Waals surface area contributed by atoms with Gasteiger partial charge in [0.1, 0.15) is 6.04 Å². The lowest BCUT2D eigenvalue weighted by Crippen LogP contribution is -2.50. The van der Waals surface area contributed by atoms with Crippen LogP contribution in [-0.4, -0.2) is 39.6 Å². The molecule has 1 aromatic heterocycles. The minimum Gasteiger partial charge on any atom is -0.480 e. The van der Waals surface area contributed by atoms with E-state index in [0.29, 0.717) is 19.0 Å². The number of carbonyl (C=O) groups excluding carboxylic acids is 1. The number of carboxylic acid groups (broad SMARTS) is 1. The van der Waals surface area contributed by atoms with Gasteiger partial charge in [-0.1, -0.05) is 69.7 Å². The second-order valence-corrected chi connectivity index (χ2v) is 8.92. The number of carbonyl (C=O) groups is 2. The second kappa shape index (κ2) is 10.9. The molecule has 162 valence electrons. The third kappa shape index (κ3) is 6.99. The van der Waals surface area contributed by atoms with Crippen molar-refractivity contribution in [1.29, 1.82) is 0 Å². The van der Waals surface area contributed by atoms with Crippen molar-refractivity contribution < 1.29 is 14.7 Å². The zero-order valence-corrected chi connectivity index (χ0v) is 19.1. The Morgan fingerprint density at radius 1 is 1.20 bits per heavy atom. The highest BCUT2D eigenvalue weighted by Crippen LogP contribution is 2.20. The predicted molar refractivity (Wildman–Crippen MR) is 122 cm³/mol. The van der Waals surface area contributed by atoms with E-state index >= 15 is 0 Å². The van der Waals surface area contributed by atoms with Gasteiger partial charge in [-0.15, -0.1) is 11.3 Å². The van der Waals surface area contributed by atoms with Crippen molar-refractivity contribution >= 4 is 29.4 Å². The Bertz CT molecular complexity index is 872. The number of aryl methyl sites for hydroxylation is 1. The molecule has 0 saturated heterocycles. The van der Waals surface area contributed by atoms with E-state index < -0.39 is 18.0 Å². The van der Waals surface area contributed by atoms with Gasteiger partial charge in [0.2, 0.25) is 0 Å². The number of aliphatic carboxylic acids is 1. The van der Waals surface area contributed by atoms with Gasteiger partial charge in [-0.2, -0.15) is 0 Å². The van der Waals surface area contributed by atoms with Crippen LogP contribution < -0.4 is 5.32 Å². The van der Waals surface area contributed by atoms with Gasteiger partial charge in [0.05, 0.1) is 17.2 Å². The summed E-state index contributed by atoms with van der Waals surface area (Å²) in [5, 5.41) is 15.0. The summed E-state index contributed by atoms with van der Waals surface area (Å²) in [6, 6.07) is 6.75. The molecule has 7 heteroatoms. The van der Waals surface area contributed by atoms with E-state index in [9.17, 15) is 14.7 Å². The first-order valence-electron chi connectivity index (χ1n) is 10.1. The third-order valence-corrected chi connectivity index (χ3v) is 5.82. The van der Waals surface area contributed by atoms with Gasteiger partial charge in [-0.05, 0) is 18.4 Å². The molecule has 0 spiro atoms. The summed E-state index contributed by atoms with van der Waals surface area (Å²) in [5.41, 5.74) is 3.03. The molecule has 1 heterocycles. The Balaban J connectivity index is 2.16. The second-order valence-electron chi connectivity index (χ2n) is 8.03. The van der Waals surface area contributed by atoms with Crippen molar-refractivity contribution in [2.24, 2.45) is 5.92 Å². The minimum absolute atomic E-state index is 0.219. The molecule has 6 nitrogen and oxygen atoms in total. The Morgan fingerprint density at radius 3 is 2.40 bits per heavy atom. The van der Waals surface area contributed by atoms with Crippen LogP contribution in [0, 0.1) is 12.8 Å². The van der Waals surface area contributed by atoms with Crippen molar-refractivity contribution in [1.82, 2.24) is 15.2 Å². The molecule has 2 amide bonds. The first-order chi connectivity index (χ1) is 14.2. The highest BCUT2D eigenvalue weighted by atomic mass is 32.1. The normalized spacial score (nSPS) is 12.5. The molecular weight excluding hydrogens is 398 g/mol. The van der Waals surface area contributed by atoms with Gasteiger partial charge < -0.3 is 15.3 Å². The van der Waals surface area contributed by atoms with Crippen LogP contribution in [0.2, 0.25) is 0 Å². The molecule has 0 aliphatic heterocycles. The quantitative estimate of drug-likeness (QED) is 0.593. The third-order valence-electron chi connectivity index (χ3n) is 4.63. The number of hydrogen-bond donors (Lipinski definition) is 2. The summed E-state index contributed by atoms with van der Waals surface area (Å²) in [6.07, 6.45) is 3.86. The van der Waals surface area contributed by atoms with Gasteiger partial charge >= 0.3 is 12.0 Å². The van der Waals surface area contributed by atoms with E-state index in [-0.39, 0.29) is 5.92 Å². The maximum atomic E-state index is 12.9. The van der Waals surface area contributed by atoms with Gasteiger partial charge in [-0.3, -0.25) is 0 Å². The first kappa shape index (κ1) is 23.6. The van der Waals surface area contributed by atoms with Crippen LogP contribution in [0.1, 0.15) is 55.4 Å². The number of thiazole rings is 1. The average molecular weight is 430 g/mol. The van der Waals surface area contributed by atoms with Crippen molar-refractivity contribution in [3.8, 4) is 0 Å². The maximum absolute atomic E-state index is 12.9. The van der Waals surface area contributed by atoms with Crippen LogP contribution >= 0.6 is 11.3 Å². The van der Waals surface area contributed by atoms with E-state index in [1.54, 1.807) is 30.1 Å². The average Bonchev–Trinajstić information content (AvgIpc) is 3.15. The molecule has 1 aromatic carbocycles. The summed E-state index contributed by atoms with van der Waals surface area (Å²) < 4.78 is 0. The molecule has 0 saturated carbocycles. The van der Waals surface area contributed by atoms with Crippen LogP contribution in [0.3, 0.4) is 0 Å². The summed E-state index contributed by atoms with van der Waals surface area (Å²) in [7, 11) is 0. The Morgan fingerprint density at radius 2 is 1.87 bits per heavy atom. The molecule has 1 atom stereocenters. The summed E-state index contributed by atoms with van der Waals surface area (Å²) >= 11 is 1.58. The predicted octanol–water partition coefficient (Wildman–Crippen LogP) is 4.91. The lowest BCUT2D eigenvalue weighted by Gasteiger charge is -2.25. The fourth-order valence-electron chi connectivity index (χ4n) is 2.81.